The maximum atomic E-state index is 10.3. The summed E-state index contributed by atoms with van der Waals surface area (Å²) in [5, 5.41) is 13.0. The van der Waals surface area contributed by atoms with Crippen molar-refractivity contribution >= 4 is 23.2 Å². The molecule has 0 heterocycles. The van der Waals surface area contributed by atoms with Crippen molar-refractivity contribution in [3.8, 4) is 0 Å². The zero-order valence-corrected chi connectivity index (χ0v) is 8.52. The third kappa shape index (κ3) is 5.57. The molecule has 12 heavy (non-hydrogen) atoms. The highest BCUT2D eigenvalue weighted by Crippen LogP contribution is 2.14. The molecule has 0 radical (unpaired) electrons. The monoisotopic (exact) mass is 214 g/mol. The molecule has 1 N–H and O–H groups in total. The van der Waals surface area contributed by atoms with Gasteiger partial charge < -0.3 is 0 Å². The first-order valence-electron chi connectivity index (χ1n) is 3.63. The molecule has 0 aromatic rings. The highest BCUT2D eigenvalue weighted by molar-refractivity contribution is 6.47. The molecule has 0 saturated heterocycles. The van der Waals surface area contributed by atoms with E-state index in [4.69, 9.17) is 23.2 Å². The molecule has 0 spiro atoms. The fourth-order valence-corrected chi connectivity index (χ4v) is 0.819. The molecule has 0 amide bonds. The molecule has 0 aromatic heterocycles. The Morgan fingerprint density at radius 2 is 2.17 bits per heavy atom. The molecule has 0 fully saturated rings. The quantitative estimate of drug-likeness (QED) is 0.329. The molecule has 72 valence electrons. The summed E-state index contributed by atoms with van der Waals surface area (Å²) in [7, 11) is 0. The Morgan fingerprint density at radius 3 is 2.42 bits per heavy atom. The summed E-state index contributed by atoms with van der Waals surface area (Å²) in [6.07, 6.45) is 0.462. The fraction of sp³-hybridized carbons (Fsp3) is 1.00. The smallest absolute Gasteiger partial charge is 0.225 e. The van der Waals surface area contributed by atoms with Crippen LogP contribution in [0.1, 0.15) is 20.3 Å². The van der Waals surface area contributed by atoms with Gasteiger partial charge in [0.25, 0.3) is 0 Å². The average Bonchev–Trinajstić information content (AvgIpc) is 1.85. The Kier molecular flexibility index (Phi) is 4.82. The van der Waals surface area contributed by atoms with E-state index in [2.05, 4.69) is 5.32 Å². The van der Waals surface area contributed by atoms with E-state index in [0.29, 0.717) is 6.42 Å². The average molecular weight is 215 g/mol. The van der Waals surface area contributed by atoms with Crippen LogP contribution in [0, 0.1) is 10.1 Å². The Morgan fingerprint density at radius 1 is 1.67 bits per heavy atom. The Hall–Kier alpha value is -0.0600. The van der Waals surface area contributed by atoms with Gasteiger partial charge in [-0.1, -0.05) is 30.1 Å². The zero-order valence-electron chi connectivity index (χ0n) is 7.01. The summed E-state index contributed by atoms with van der Waals surface area (Å²) in [5.41, 5.74) is 0. The Labute approximate surface area is 81.4 Å². The molecule has 1 atom stereocenters. The Balaban J connectivity index is 3.81. The van der Waals surface area contributed by atoms with Gasteiger partial charge in [-0.3, -0.25) is 15.4 Å². The maximum Gasteiger partial charge on any atom is 0.225 e. The lowest BCUT2D eigenvalue weighted by molar-refractivity contribution is -0.520. The van der Waals surface area contributed by atoms with E-state index in [9.17, 15) is 10.1 Å². The van der Waals surface area contributed by atoms with E-state index >= 15 is 0 Å². The predicted molar refractivity (Wildman–Crippen MR) is 49.2 cm³/mol. The third-order valence-corrected chi connectivity index (χ3v) is 1.68. The second kappa shape index (κ2) is 4.84. The van der Waals surface area contributed by atoms with Crippen LogP contribution in [0.25, 0.3) is 0 Å². The van der Waals surface area contributed by atoms with Gasteiger partial charge in [0.2, 0.25) is 6.04 Å². The van der Waals surface area contributed by atoms with Gasteiger partial charge in [-0.2, -0.15) is 0 Å². The van der Waals surface area contributed by atoms with Crippen molar-refractivity contribution in [2.24, 2.45) is 0 Å². The maximum absolute atomic E-state index is 10.3. The fourth-order valence-electron chi connectivity index (χ4n) is 0.665. The van der Waals surface area contributed by atoms with Crippen molar-refractivity contribution in [3.05, 3.63) is 10.1 Å². The summed E-state index contributed by atoms with van der Waals surface area (Å²) in [6, 6.07) is -0.623. The van der Waals surface area contributed by atoms with Crippen LogP contribution in [0.3, 0.4) is 0 Å². The number of nitrogens with one attached hydrogen (secondary N) is 1. The first-order valence-corrected chi connectivity index (χ1v) is 4.38. The topological polar surface area (TPSA) is 55.2 Å². The molecule has 0 aromatic carbocycles. The summed E-state index contributed by atoms with van der Waals surface area (Å²) in [6.45, 7) is 3.46. The second-order valence-corrected chi connectivity index (χ2v) is 4.32. The van der Waals surface area contributed by atoms with E-state index in [0.717, 1.165) is 0 Å². The van der Waals surface area contributed by atoms with Crippen LogP contribution in [0.2, 0.25) is 0 Å². The van der Waals surface area contributed by atoms with Crippen molar-refractivity contribution in [3.63, 3.8) is 0 Å². The van der Waals surface area contributed by atoms with Crippen LogP contribution >= 0.6 is 23.2 Å². The van der Waals surface area contributed by atoms with Gasteiger partial charge in [-0.05, 0) is 6.92 Å². The van der Waals surface area contributed by atoms with Crippen molar-refractivity contribution in [1.29, 1.82) is 0 Å². The van der Waals surface area contributed by atoms with Crippen molar-refractivity contribution in [1.82, 2.24) is 5.32 Å². The van der Waals surface area contributed by atoms with Gasteiger partial charge in [-0.25, -0.2) is 0 Å². The molecule has 0 aliphatic rings. The summed E-state index contributed by atoms with van der Waals surface area (Å²) in [5.74, 6) is 0. The van der Waals surface area contributed by atoms with Gasteiger partial charge in [-0.15, -0.1) is 0 Å². The number of hydrogen-bond donors (Lipinski definition) is 1. The zero-order chi connectivity index (χ0) is 9.78. The second-order valence-electron chi connectivity index (χ2n) is 2.62. The van der Waals surface area contributed by atoms with Gasteiger partial charge in [0.1, 0.15) is 0 Å². The highest BCUT2D eigenvalue weighted by atomic mass is 35.5. The van der Waals surface area contributed by atoms with Gasteiger partial charge in [0.05, 0.1) is 6.54 Å². The standard InChI is InChI=1S/C6H12Cl2N2O2/c1-3-5(10(11)12)4-9-6(2,7)8/h5,9H,3-4H2,1-2H3. The van der Waals surface area contributed by atoms with Crippen LogP contribution in [-0.4, -0.2) is 22.0 Å². The number of nitrogens with zero attached hydrogens (tertiary/aromatic N) is 1. The largest absolute Gasteiger partial charge is 0.280 e. The van der Waals surface area contributed by atoms with Crippen molar-refractivity contribution < 1.29 is 4.92 Å². The lowest BCUT2D eigenvalue weighted by atomic mass is 10.2. The predicted octanol–water partition coefficient (Wildman–Crippen LogP) is 1.78. The van der Waals surface area contributed by atoms with E-state index < -0.39 is 10.5 Å². The SMILES string of the molecule is CCC(CNC(C)(Cl)Cl)[N+](=O)[O-]. The lowest BCUT2D eigenvalue weighted by Crippen LogP contribution is -2.40. The number of rotatable bonds is 5. The van der Waals surface area contributed by atoms with E-state index in [-0.39, 0.29) is 11.5 Å². The van der Waals surface area contributed by atoms with Crippen LogP contribution in [0.4, 0.5) is 0 Å². The molecule has 0 aliphatic heterocycles. The molecule has 0 bridgehead atoms. The molecule has 4 nitrogen and oxygen atoms in total. The van der Waals surface area contributed by atoms with Gasteiger partial charge in [0, 0.05) is 11.3 Å². The molecule has 6 heteroatoms. The number of hydrogen-bond acceptors (Lipinski definition) is 3. The number of alkyl halides is 2. The summed E-state index contributed by atoms with van der Waals surface area (Å²) < 4.78 is -1.09. The number of halogens is 2. The minimum atomic E-state index is -1.09. The third-order valence-electron chi connectivity index (χ3n) is 1.42. The minimum absolute atomic E-state index is 0.188. The van der Waals surface area contributed by atoms with Crippen molar-refractivity contribution in [2.45, 2.75) is 30.8 Å². The summed E-state index contributed by atoms with van der Waals surface area (Å²) >= 11 is 11.1. The summed E-state index contributed by atoms with van der Waals surface area (Å²) in [4.78, 5) is 9.99. The molecule has 0 aliphatic carbocycles. The first kappa shape index (κ1) is 11.9. The van der Waals surface area contributed by atoms with Crippen LogP contribution in [0.15, 0.2) is 0 Å². The molecule has 0 rings (SSSR count). The molecule has 1 unspecified atom stereocenters. The molecular formula is C6H12Cl2N2O2. The van der Waals surface area contributed by atoms with Crippen LogP contribution in [0.5, 0.6) is 0 Å². The van der Waals surface area contributed by atoms with E-state index in [1.54, 1.807) is 6.92 Å². The van der Waals surface area contributed by atoms with E-state index in [1.165, 1.54) is 6.92 Å². The molecule has 0 saturated carbocycles. The van der Waals surface area contributed by atoms with Gasteiger partial charge >= 0.3 is 0 Å². The minimum Gasteiger partial charge on any atom is -0.280 e. The molecular weight excluding hydrogens is 203 g/mol. The highest BCUT2D eigenvalue weighted by Gasteiger charge is 2.22. The van der Waals surface area contributed by atoms with Crippen LogP contribution < -0.4 is 5.32 Å². The lowest BCUT2D eigenvalue weighted by Gasteiger charge is -2.16. The Bertz CT molecular complexity index is 158. The van der Waals surface area contributed by atoms with Crippen LogP contribution in [-0.2, 0) is 0 Å². The van der Waals surface area contributed by atoms with E-state index in [1.807, 2.05) is 0 Å². The first-order chi connectivity index (χ1) is 5.37. The number of nitro groups is 1. The van der Waals surface area contributed by atoms with Crippen molar-refractivity contribution in [2.75, 3.05) is 6.54 Å². The van der Waals surface area contributed by atoms with Gasteiger partial charge in [0.15, 0.2) is 4.46 Å². The normalized spacial score (nSPS) is 14.3.